The lowest BCUT2D eigenvalue weighted by atomic mass is 9.91. The molecule has 1 aromatic heterocycles. The molecule has 9 heteroatoms. The van der Waals surface area contributed by atoms with Gasteiger partial charge in [0.25, 0.3) is 11.5 Å². The molecule has 0 spiro atoms. The van der Waals surface area contributed by atoms with E-state index in [1.165, 1.54) is 6.92 Å². The molecule has 2 amide bonds. The van der Waals surface area contributed by atoms with E-state index >= 15 is 0 Å². The molecular weight excluding hydrogens is 290 g/mol. The van der Waals surface area contributed by atoms with E-state index in [0.717, 1.165) is 12.8 Å². The molecule has 9 nitrogen and oxygen atoms in total. The maximum atomic E-state index is 12.1. The summed E-state index contributed by atoms with van der Waals surface area (Å²) in [6, 6.07) is 0.0368. The van der Waals surface area contributed by atoms with Gasteiger partial charge in [-0.05, 0) is 25.7 Å². The Hall–Kier alpha value is -2.58. The smallest absolute Gasteiger partial charge is 0.326 e. The van der Waals surface area contributed by atoms with E-state index < -0.39 is 17.2 Å². The number of nitrogen functional groups attached to an aromatic ring is 1. The molecule has 0 radical (unpaired) electrons. The highest BCUT2D eigenvalue weighted by Gasteiger charge is 2.24. The molecule has 6 N–H and O–H groups in total. The van der Waals surface area contributed by atoms with Crippen molar-refractivity contribution in [1.82, 2.24) is 20.6 Å². The van der Waals surface area contributed by atoms with Crippen LogP contribution in [0.3, 0.4) is 0 Å². The number of H-pyrrole nitrogens is 2. The number of carbonyl (C=O) groups is 2. The van der Waals surface area contributed by atoms with E-state index in [1.807, 2.05) is 4.98 Å². The van der Waals surface area contributed by atoms with Crippen molar-refractivity contribution in [3.63, 3.8) is 0 Å². The number of hydrogen-bond acceptors (Lipinski definition) is 5. The van der Waals surface area contributed by atoms with Crippen LogP contribution in [0.4, 0.5) is 5.69 Å². The molecule has 0 bridgehead atoms. The van der Waals surface area contributed by atoms with E-state index in [1.54, 1.807) is 0 Å². The van der Waals surface area contributed by atoms with Crippen molar-refractivity contribution in [3.8, 4) is 0 Å². The summed E-state index contributed by atoms with van der Waals surface area (Å²) < 4.78 is 0. The monoisotopic (exact) mass is 309 g/mol. The van der Waals surface area contributed by atoms with Crippen LogP contribution < -0.4 is 27.6 Å². The molecule has 1 aliphatic carbocycles. The summed E-state index contributed by atoms with van der Waals surface area (Å²) in [5, 5.41) is 5.60. The Morgan fingerprint density at radius 2 is 1.59 bits per heavy atom. The first-order valence-electron chi connectivity index (χ1n) is 7.07. The van der Waals surface area contributed by atoms with Crippen LogP contribution in [-0.2, 0) is 4.79 Å². The number of nitrogens with two attached hydrogens (primary N) is 1. The molecule has 22 heavy (non-hydrogen) atoms. The first-order chi connectivity index (χ1) is 10.4. The summed E-state index contributed by atoms with van der Waals surface area (Å²) in [7, 11) is 0. The molecule has 0 unspecified atom stereocenters. The van der Waals surface area contributed by atoms with Gasteiger partial charge in [0.2, 0.25) is 5.91 Å². The van der Waals surface area contributed by atoms with Gasteiger partial charge in [-0.2, -0.15) is 0 Å². The second kappa shape index (κ2) is 6.46. The molecule has 1 aliphatic rings. The van der Waals surface area contributed by atoms with Gasteiger partial charge in [-0.25, -0.2) is 4.79 Å². The standard InChI is InChI=1S/C13H19N5O4/c1-6(19)15-7-2-4-8(5-3-7)16-12(21)10-9(14)11(20)18-13(22)17-10/h7-8H,2-5,14H2,1H3,(H,15,19)(H,16,21)(H2,17,18,20,22). The topological polar surface area (TPSA) is 150 Å². The van der Waals surface area contributed by atoms with Gasteiger partial charge < -0.3 is 21.4 Å². The molecule has 0 aromatic carbocycles. The molecule has 1 aromatic rings. The van der Waals surface area contributed by atoms with E-state index in [0.29, 0.717) is 12.8 Å². The minimum absolute atomic E-state index is 0.0682. The van der Waals surface area contributed by atoms with Crippen LogP contribution in [0.5, 0.6) is 0 Å². The zero-order chi connectivity index (χ0) is 16.3. The number of hydrogen-bond donors (Lipinski definition) is 5. The number of rotatable bonds is 3. The van der Waals surface area contributed by atoms with Crippen molar-refractivity contribution >= 4 is 17.5 Å². The molecule has 1 saturated carbocycles. The Labute approximate surface area is 125 Å². The van der Waals surface area contributed by atoms with Crippen LogP contribution in [0.25, 0.3) is 0 Å². The number of amides is 2. The van der Waals surface area contributed by atoms with Crippen LogP contribution >= 0.6 is 0 Å². The highest BCUT2D eigenvalue weighted by molar-refractivity contribution is 5.96. The van der Waals surface area contributed by atoms with Gasteiger partial charge in [-0.1, -0.05) is 0 Å². The lowest BCUT2D eigenvalue weighted by Gasteiger charge is -2.29. The summed E-state index contributed by atoms with van der Waals surface area (Å²) in [6.07, 6.45) is 2.91. The maximum absolute atomic E-state index is 12.1. The maximum Gasteiger partial charge on any atom is 0.326 e. The van der Waals surface area contributed by atoms with Gasteiger partial charge in [0.15, 0.2) is 0 Å². The third kappa shape index (κ3) is 3.74. The van der Waals surface area contributed by atoms with Gasteiger partial charge in [-0.3, -0.25) is 19.4 Å². The number of anilines is 1. The number of aromatic nitrogens is 2. The highest BCUT2D eigenvalue weighted by Crippen LogP contribution is 2.19. The molecular formula is C13H19N5O4. The molecule has 1 fully saturated rings. The van der Waals surface area contributed by atoms with Gasteiger partial charge in [0.1, 0.15) is 11.4 Å². The van der Waals surface area contributed by atoms with E-state index in [-0.39, 0.29) is 29.4 Å². The fourth-order valence-electron chi connectivity index (χ4n) is 2.60. The minimum Gasteiger partial charge on any atom is -0.392 e. The summed E-state index contributed by atoms with van der Waals surface area (Å²) in [6.45, 7) is 1.47. The Kier molecular flexibility index (Phi) is 4.64. The first-order valence-corrected chi connectivity index (χ1v) is 7.07. The molecule has 0 saturated heterocycles. The zero-order valence-electron chi connectivity index (χ0n) is 12.2. The lowest BCUT2D eigenvalue weighted by Crippen LogP contribution is -2.44. The Morgan fingerprint density at radius 3 is 2.14 bits per heavy atom. The van der Waals surface area contributed by atoms with E-state index in [4.69, 9.17) is 5.73 Å². The van der Waals surface area contributed by atoms with Crippen molar-refractivity contribution in [1.29, 1.82) is 0 Å². The molecule has 0 aliphatic heterocycles. The number of nitrogens with one attached hydrogen (secondary N) is 4. The average Bonchev–Trinajstić information content (AvgIpc) is 2.44. The Bertz CT molecular complexity index is 684. The van der Waals surface area contributed by atoms with Crippen LogP contribution in [0.15, 0.2) is 9.59 Å². The second-order valence-corrected chi connectivity index (χ2v) is 5.42. The van der Waals surface area contributed by atoms with Crippen molar-refractivity contribution in [3.05, 3.63) is 26.5 Å². The third-order valence-corrected chi connectivity index (χ3v) is 3.68. The van der Waals surface area contributed by atoms with Crippen LogP contribution in [0.1, 0.15) is 43.1 Å². The fourth-order valence-corrected chi connectivity index (χ4v) is 2.60. The SMILES string of the molecule is CC(=O)NC1CCC(NC(=O)c2[nH]c(=O)[nH]c(=O)c2N)CC1. The Morgan fingerprint density at radius 1 is 1.05 bits per heavy atom. The fraction of sp³-hybridized carbons (Fsp3) is 0.538. The average molecular weight is 309 g/mol. The van der Waals surface area contributed by atoms with Gasteiger partial charge in [0, 0.05) is 19.0 Å². The number of carbonyl (C=O) groups excluding carboxylic acids is 2. The van der Waals surface area contributed by atoms with Crippen LogP contribution in [0, 0.1) is 0 Å². The van der Waals surface area contributed by atoms with Gasteiger partial charge >= 0.3 is 5.69 Å². The number of aromatic amines is 2. The minimum atomic E-state index is -0.789. The van der Waals surface area contributed by atoms with E-state index in [2.05, 4.69) is 15.6 Å². The Balaban J connectivity index is 1.98. The highest BCUT2D eigenvalue weighted by atomic mass is 16.2. The molecule has 0 atom stereocenters. The van der Waals surface area contributed by atoms with Crippen molar-refractivity contribution in [2.24, 2.45) is 0 Å². The van der Waals surface area contributed by atoms with E-state index in [9.17, 15) is 19.2 Å². The van der Waals surface area contributed by atoms with Gasteiger partial charge in [0.05, 0.1) is 0 Å². The van der Waals surface area contributed by atoms with Crippen molar-refractivity contribution in [2.75, 3.05) is 5.73 Å². The second-order valence-electron chi connectivity index (χ2n) is 5.42. The lowest BCUT2D eigenvalue weighted by molar-refractivity contribution is -0.119. The third-order valence-electron chi connectivity index (χ3n) is 3.68. The van der Waals surface area contributed by atoms with Crippen molar-refractivity contribution < 1.29 is 9.59 Å². The summed E-state index contributed by atoms with van der Waals surface area (Å²) >= 11 is 0. The largest absolute Gasteiger partial charge is 0.392 e. The first kappa shape index (κ1) is 15.8. The summed E-state index contributed by atoms with van der Waals surface area (Å²) in [5.41, 5.74) is 3.40. The normalized spacial score (nSPS) is 21.1. The zero-order valence-corrected chi connectivity index (χ0v) is 12.2. The molecule has 1 heterocycles. The van der Waals surface area contributed by atoms with Crippen LogP contribution in [-0.4, -0.2) is 33.9 Å². The molecule has 2 rings (SSSR count). The molecule has 120 valence electrons. The summed E-state index contributed by atoms with van der Waals surface area (Å²) in [5.74, 6) is -0.648. The van der Waals surface area contributed by atoms with Crippen molar-refractivity contribution in [2.45, 2.75) is 44.7 Å². The van der Waals surface area contributed by atoms with Gasteiger partial charge in [-0.15, -0.1) is 0 Å². The predicted octanol–water partition coefficient (Wildman–Crippen LogP) is -1.18. The predicted molar refractivity (Wildman–Crippen MR) is 79.4 cm³/mol. The van der Waals surface area contributed by atoms with Crippen LogP contribution in [0.2, 0.25) is 0 Å². The summed E-state index contributed by atoms with van der Waals surface area (Å²) in [4.78, 5) is 49.9. The quantitative estimate of drug-likeness (QED) is 0.476.